The maximum Gasteiger partial charge on any atom is 0.335 e. The second-order valence-electron chi connectivity index (χ2n) is 7.18. The molecule has 0 saturated carbocycles. The van der Waals surface area contributed by atoms with Crippen molar-refractivity contribution in [2.75, 3.05) is 38.3 Å². The van der Waals surface area contributed by atoms with Crippen LogP contribution in [-0.2, 0) is 9.47 Å². The molecule has 1 saturated heterocycles. The second-order valence-corrected chi connectivity index (χ2v) is 7.93. The van der Waals surface area contributed by atoms with Crippen LogP contribution in [0.1, 0.15) is 33.0 Å². The number of aromatic amines is 1. The summed E-state index contributed by atoms with van der Waals surface area (Å²) in [5.74, 6) is -0.847. The van der Waals surface area contributed by atoms with E-state index in [9.17, 15) is 14.7 Å². The molecular formula is C20H24Cl2N4O5. The molecule has 11 heteroatoms. The molecule has 9 nitrogen and oxygen atoms in total. The third-order valence-corrected chi connectivity index (χ3v) is 6.04. The summed E-state index contributed by atoms with van der Waals surface area (Å²) >= 11 is 12.3. The molecule has 1 fully saturated rings. The Morgan fingerprint density at radius 3 is 2.77 bits per heavy atom. The van der Waals surface area contributed by atoms with Gasteiger partial charge in [-0.15, -0.1) is 0 Å². The van der Waals surface area contributed by atoms with E-state index in [0.29, 0.717) is 49.3 Å². The number of carbonyl (C=O) groups excluding carboxylic acids is 1. The van der Waals surface area contributed by atoms with Gasteiger partial charge in [0.05, 0.1) is 41.0 Å². The molecule has 0 radical (unpaired) electrons. The van der Waals surface area contributed by atoms with Gasteiger partial charge in [-0.3, -0.25) is 4.79 Å². The number of carboxylic acid groups (broad SMARTS) is 1. The van der Waals surface area contributed by atoms with Gasteiger partial charge in [0, 0.05) is 32.1 Å². The quantitative estimate of drug-likeness (QED) is 0.507. The molecular weight excluding hydrogens is 447 g/mol. The SMILES string of the molecule is COCCOC1CN(c2cc(C(=O)O)ccn2)CCC1NC(=O)c1[nH]c(C)c(Cl)c1Cl. The molecule has 1 aliphatic heterocycles. The lowest BCUT2D eigenvalue weighted by molar-refractivity contribution is -0.00507. The van der Waals surface area contributed by atoms with E-state index in [1.165, 1.54) is 18.3 Å². The Morgan fingerprint density at radius 1 is 1.35 bits per heavy atom. The molecule has 0 bridgehead atoms. The van der Waals surface area contributed by atoms with E-state index < -0.39 is 5.97 Å². The van der Waals surface area contributed by atoms with Gasteiger partial charge in [-0.25, -0.2) is 9.78 Å². The van der Waals surface area contributed by atoms with Crippen molar-refractivity contribution >= 4 is 40.9 Å². The van der Waals surface area contributed by atoms with Crippen molar-refractivity contribution in [1.82, 2.24) is 15.3 Å². The van der Waals surface area contributed by atoms with E-state index in [4.69, 9.17) is 32.7 Å². The zero-order valence-corrected chi connectivity index (χ0v) is 18.7. The summed E-state index contributed by atoms with van der Waals surface area (Å²) < 4.78 is 11.0. The van der Waals surface area contributed by atoms with Crippen LogP contribution >= 0.6 is 23.2 Å². The number of halogens is 2. The summed E-state index contributed by atoms with van der Waals surface area (Å²) in [5, 5.41) is 12.7. The zero-order valence-electron chi connectivity index (χ0n) is 17.2. The predicted octanol–water partition coefficient (Wildman–Crippen LogP) is 2.76. The lowest BCUT2D eigenvalue weighted by Gasteiger charge is -2.39. The first-order chi connectivity index (χ1) is 14.8. The van der Waals surface area contributed by atoms with Crippen LogP contribution in [0.4, 0.5) is 5.82 Å². The topological polar surface area (TPSA) is 117 Å². The molecule has 0 spiro atoms. The molecule has 0 aromatic carbocycles. The van der Waals surface area contributed by atoms with Crippen molar-refractivity contribution in [2.24, 2.45) is 0 Å². The number of H-pyrrole nitrogens is 1. The Bertz CT molecular complexity index is 952. The van der Waals surface area contributed by atoms with Crippen LogP contribution in [0, 0.1) is 6.92 Å². The van der Waals surface area contributed by atoms with Gasteiger partial charge in [-0.2, -0.15) is 0 Å². The van der Waals surface area contributed by atoms with Gasteiger partial charge < -0.3 is 29.8 Å². The van der Waals surface area contributed by atoms with Gasteiger partial charge >= 0.3 is 5.97 Å². The fraction of sp³-hybridized carbons (Fsp3) is 0.450. The van der Waals surface area contributed by atoms with E-state index in [0.717, 1.165) is 0 Å². The Kier molecular flexibility index (Phi) is 7.77. The molecule has 2 aromatic rings. The average molecular weight is 471 g/mol. The number of amides is 1. The molecule has 1 aliphatic rings. The minimum Gasteiger partial charge on any atom is -0.478 e. The van der Waals surface area contributed by atoms with Crippen molar-refractivity contribution < 1.29 is 24.2 Å². The largest absolute Gasteiger partial charge is 0.478 e. The number of nitrogens with zero attached hydrogens (tertiary/aromatic N) is 2. The molecule has 3 heterocycles. The van der Waals surface area contributed by atoms with Crippen LogP contribution in [0.15, 0.2) is 18.3 Å². The van der Waals surface area contributed by atoms with Crippen molar-refractivity contribution in [1.29, 1.82) is 0 Å². The zero-order chi connectivity index (χ0) is 22.5. The minimum atomic E-state index is -1.02. The molecule has 2 atom stereocenters. The number of pyridine rings is 1. The van der Waals surface area contributed by atoms with Crippen LogP contribution in [0.3, 0.4) is 0 Å². The number of piperidine rings is 1. The molecule has 31 heavy (non-hydrogen) atoms. The molecule has 168 valence electrons. The highest BCUT2D eigenvalue weighted by Gasteiger charge is 2.33. The normalized spacial score (nSPS) is 18.8. The second kappa shape index (κ2) is 10.3. The van der Waals surface area contributed by atoms with Gasteiger partial charge in [-0.05, 0) is 25.5 Å². The number of nitrogens with one attached hydrogen (secondary N) is 2. The highest BCUT2D eigenvalue weighted by molar-refractivity contribution is 6.44. The number of carbonyl (C=O) groups is 2. The lowest BCUT2D eigenvalue weighted by Crippen LogP contribution is -2.55. The fourth-order valence-electron chi connectivity index (χ4n) is 3.43. The number of aromatic carboxylic acids is 1. The van der Waals surface area contributed by atoms with E-state index >= 15 is 0 Å². The number of hydrogen-bond acceptors (Lipinski definition) is 6. The van der Waals surface area contributed by atoms with Crippen molar-refractivity contribution in [3.63, 3.8) is 0 Å². The van der Waals surface area contributed by atoms with Gasteiger partial charge in [-0.1, -0.05) is 23.2 Å². The fourth-order valence-corrected chi connectivity index (χ4v) is 3.85. The number of carboxylic acids is 1. The molecule has 1 amide bonds. The van der Waals surface area contributed by atoms with Crippen molar-refractivity contribution in [2.45, 2.75) is 25.5 Å². The average Bonchev–Trinajstić information content (AvgIpc) is 3.02. The van der Waals surface area contributed by atoms with E-state index in [-0.39, 0.29) is 34.3 Å². The third-order valence-electron chi connectivity index (χ3n) is 5.09. The van der Waals surface area contributed by atoms with Crippen LogP contribution < -0.4 is 10.2 Å². The number of hydrogen-bond donors (Lipinski definition) is 3. The summed E-state index contributed by atoms with van der Waals surface area (Å²) in [5.41, 5.74) is 0.980. The number of ether oxygens (including phenoxy) is 2. The summed E-state index contributed by atoms with van der Waals surface area (Å²) in [6.07, 6.45) is 1.66. The highest BCUT2D eigenvalue weighted by atomic mass is 35.5. The maximum absolute atomic E-state index is 12.8. The first-order valence-corrected chi connectivity index (χ1v) is 10.5. The third kappa shape index (κ3) is 5.48. The maximum atomic E-state index is 12.8. The molecule has 0 aliphatic carbocycles. The number of aryl methyl sites for hydroxylation is 1. The number of methoxy groups -OCH3 is 1. The van der Waals surface area contributed by atoms with Crippen molar-refractivity contribution in [3.8, 4) is 0 Å². The first-order valence-electron chi connectivity index (χ1n) is 9.71. The summed E-state index contributed by atoms with van der Waals surface area (Å²) in [6, 6.07) is 2.68. The first kappa shape index (κ1) is 23.3. The highest BCUT2D eigenvalue weighted by Crippen LogP contribution is 2.29. The molecule has 3 N–H and O–H groups in total. The van der Waals surface area contributed by atoms with Gasteiger partial charge in [0.25, 0.3) is 5.91 Å². The summed E-state index contributed by atoms with van der Waals surface area (Å²) in [7, 11) is 1.58. The van der Waals surface area contributed by atoms with Crippen LogP contribution in [0.2, 0.25) is 10.0 Å². The summed E-state index contributed by atoms with van der Waals surface area (Å²) in [6.45, 7) is 3.46. The van der Waals surface area contributed by atoms with Crippen LogP contribution in [0.25, 0.3) is 0 Å². The Morgan fingerprint density at radius 2 is 2.13 bits per heavy atom. The van der Waals surface area contributed by atoms with E-state index in [2.05, 4.69) is 15.3 Å². The predicted molar refractivity (Wildman–Crippen MR) is 116 cm³/mol. The van der Waals surface area contributed by atoms with Crippen LogP contribution in [0.5, 0.6) is 0 Å². The van der Waals surface area contributed by atoms with Gasteiger partial charge in [0.1, 0.15) is 11.5 Å². The molecule has 3 rings (SSSR count). The lowest BCUT2D eigenvalue weighted by atomic mass is 10.0. The van der Waals surface area contributed by atoms with E-state index in [1.54, 1.807) is 14.0 Å². The standard InChI is InChI=1S/C20H24Cl2N4O5/c1-11-16(21)17(22)18(24-11)19(27)25-13-4-6-26(10-14(13)31-8-7-30-2)15-9-12(20(28)29)3-5-23-15/h3,5,9,13-14,24H,4,6-8,10H2,1-2H3,(H,25,27)(H,28,29). The van der Waals surface area contributed by atoms with Crippen molar-refractivity contribution in [3.05, 3.63) is 45.3 Å². The molecule has 2 unspecified atom stereocenters. The molecule has 2 aromatic heterocycles. The van der Waals surface area contributed by atoms with E-state index in [1.807, 2.05) is 4.90 Å². The smallest absolute Gasteiger partial charge is 0.335 e. The Labute approximate surface area is 189 Å². The van der Waals surface area contributed by atoms with Gasteiger partial charge in [0.15, 0.2) is 0 Å². The summed E-state index contributed by atoms with van der Waals surface area (Å²) in [4.78, 5) is 33.2. The number of anilines is 1. The Hall–Kier alpha value is -2.33. The minimum absolute atomic E-state index is 0.158. The monoisotopic (exact) mass is 470 g/mol. The number of aromatic nitrogens is 2. The van der Waals surface area contributed by atoms with Gasteiger partial charge in [0.2, 0.25) is 0 Å². The number of rotatable bonds is 8. The Balaban J connectivity index is 1.74. The van der Waals surface area contributed by atoms with Crippen LogP contribution in [-0.4, -0.2) is 72.5 Å².